The van der Waals surface area contributed by atoms with E-state index >= 15 is 0 Å². The first-order chi connectivity index (χ1) is 13.1. The Balaban J connectivity index is 1.54. The lowest BCUT2D eigenvalue weighted by molar-refractivity contribution is 0.317. The molecule has 0 N–H and O–H groups in total. The van der Waals surface area contributed by atoms with E-state index in [1.165, 1.54) is 0 Å². The van der Waals surface area contributed by atoms with Gasteiger partial charge in [0.15, 0.2) is 5.65 Å². The van der Waals surface area contributed by atoms with E-state index in [1.54, 1.807) is 23.6 Å². The largest absolute Gasteiger partial charge is 0.265 e. The summed E-state index contributed by atoms with van der Waals surface area (Å²) < 4.78 is 25.6. The Morgan fingerprint density at radius 1 is 1.07 bits per heavy atom. The summed E-state index contributed by atoms with van der Waals surface area (Å²) in [6.45, 7) is 2.82. The molecule has 3 aromatic heterocycles. The first-order valence-corrected chi connectivity index (χ1v) is 10.8. The molecule has 0 aromatic carbocycles. The highest BCUT2D eigenvalue weighted by atomic mass is 32.2. The molecule has 6 nitrogen and oxygen atoms in total. The second-order valence-corrected chi connectivity index (χ2v) is 9.07. The molecule has 4 heterocycles. The van der Waals surface area contributed by atoms with E-state index in [2.05, 4.69) is 28.2 Å². The number of pyridine rings is 3. The van der Waals surface area contributed by atoms with E-state index in [1.807, 2.05) is 18.3 Å². The number of sulfonamides is 1. The van der Waals surface area contributed by atoms with Gasteiger partial charge < -0.3 is 0 Å². The predicted octanol–water partition coefficient (Wildman–Crippen LogP) is 3.22. The van der Waals surface area contributed by atoms with Crippen molar-refractivity contribution in [3.05, 3.63) is 54.6 Å². The first kappa shape index (κ1) is 18.0. The minimum absolute atomic E-state index is 0.162. The highest BCUT2D eigenvalue weighted by Crippen LogP contribution is 2.29. The van der Waals surface area contributed by atoms with Crippen molar-refractivity contribution in [3.63, 3.8) is 0 Å². The molecule has 1 aliphatic rings. The molecule has 0 atom stereocenters. The molecular weight excluding hydrogens is 360 g/mol. The van der Waals surface area contributed by atoms with Crippen LogP contribution < -0.4 is 0 Å². The standard InChI is InChI=1S/C20H22N4O2S/c1-2-27(25,26)24-11-7-16(8-12-24)19-4-3-17-13-18(14-22-20(17)23-19)15-5-9-21-10-6-15/h3-6,9-10,13-14,16H,2,7-8,11-12H2,1H3. The lowest BCUT2D eigenvalue weighted by Gasteiger charge is -2.30. The Labute approximate surface area is 159 Å². The average Bonchev–Trinajstić information content (AvgIpc) is 2.73. The van der Waals surface area contributed by atoms with Gasteiger partial charge in [0.25, 0.3) is 0 Å². The number of hydrogen-bond donors (Lipinski definition) is 0. The van der Waals surface area contributed by atoms with Crippen LogP contribution in [0.25, 0.3) is 22.2 Å². The summed E-state index contributed by atoms with van der Waals surface area (Å²) >= 11 is 0. The predicted molar refractivity (Wildman–Crippen MR) is 106 cm³/mol. The zero-order valence-corrected chi connectivity index (χ0v) is 16.1. The summed E-state index contributed by atoms with van der Waals surface area (Å²) in [5.74, 6) is 0.440. The van der Waals surface area contributed by atoms with E-state index in [9.17, 15) is 8.42 Å². The first-order valence-electron chi connectivity index (χ1n) is 9.22. The zero-order valence-electron chi connectivity index (χ0n) is 15.2. The van der Waals surface area contributed by atoms with Gasteiger partial charge in [0, 0.05) is 54.2 Å². The van der Waals surface area contributed by atoms with E-state index in [0.717, 1.165) is 40.7 Å². The van der Waals surface area contributed by atoms with Gasteiger partial charge in [-0.15, -0.1) is 0 Å². The summed E-state index contributed by atoms with van der Waals surface area (Å²) in [5, 5.41) is 0.999. The molecule has 27 heavy (non-hydrogen) atoms. The third-order valence-corrected chi connectivity index (χ3v) is 7.09. The molecule has 0 amide bonds. The van der Waals surface area contributed by atoms with Crippen LogP contribution in [0, 0.1) is 0 Å². The zero-order chi connectivity index (χ0) is 18.9. The number of rotatable bonds is 4. The molecule has 4 rings (SSSR count). The van der Waals surface area contributed by atoms with Crippen molar-refractivity contribution in [2.45, 2.75) is 25.7 Å². The maximum Gasteiger partial charge on any atom is 0.213 e. The number of aromatic nitrogens is 3. The van der Waals surface area contributed by atoms with Crippen LogP contribution in [0.3, 0.4) is 0 Å². The third kappa shape index (κ3) is 3.70. The molecule has 0 aliphatic carbocycles. The quantitative estimate of drug-likeness (QED) is 0.692. The molecule has 3 aromatic rings. The Morgan fingerprint density at radius 3 is 2.52 bits per heavy atom. The summed E-state index contributed by atoms with van der Waals surface area (Å²) in [6, 6.07) is 10.1. The van der Waals surface area contributed by atoms with Gasteiger partial charge in [-0.05, 0) is 55.7 Å². The second kappa shape index (κ2) is 7.32. The summed E-state index contributed by atoms with van der Waals surface area (Å²) in [4.78, 5) is 13.3. The topological polar surface area (TPSA) is 76.1 Å². The highest BCUT2D eigenvalue weighted by molar-refractivity contribution is 7.89. The minimum atomic E-state index is -3.10. The molecule has 0 spiro atoms. The molecule has 1 aliphatic heterocycles. The van der Waals surface area contributed by atoms with E-state index < -0.39 is 10.0 Å². The smallest absolute Gasteiger partial charge is 0.213 e. The van der Waals surface area contributed by atoms with Crippen LogP contribution in [0.15, 0.2) is 48.9 Å². The van der Waals surface area contributed by atoms with Gasteiger partial charge in [0.05, 0.1) is 5.75 Å². The Morgan fingerprint density at radius 2 is 1.81 bits per heavy atom. The van der Waals surface area contributed by atoms with Gasteiger partial charge in [-0.3, -0.25) is 4.98 Å². The fourth-order valence-corrected chi connectivity index (χ4v) is 4.70. The number of hydrogen-bond acceptors (Lipinski definition) is 5. The van der Waals surface area contributed by atoms with Crippen molar-refractivity contribution in [2.75, 3.05) is 18.8 Å². The average molecular weight is 382 g/mol. The third-order valence-electron chi connectivity index (χ3n) is 5.21. The van der Waals surface area contributed by atoms with Gasteiger partial charge in [-0.2, -0.15) is 0 Å². The van der Waals surface area contributed by atoms with E-state index in [-0.39, 0.29) is 11.7 Å². The summed E-state index contributed by atoms with van der Waals surface area (Å²) in [6.07, 6.45) is 6.97. The number of piperidine rings is 1. The number of fused-ring (bicyclic) bond motifs is 1. The van der Waals surface area contributed by atoms with Crippen molar-refractivity contribution in [2.24, 2.45) is 0 Å². The van der Waals surface area contributed by atoms with Crippen LogP contribution in [0.2, 0.25) is 0 Å². The fraction of sp³-hybridized carbons (Fsp3) is 0.350. The lowest BCUT2D eigenvalue weighted by Crippen LogP contribution is -2.38. The van der Waals surface area contributed by atoms with Gasteiger partial charge in [0.1, 0.15) is 0 Å². The molecule has 0 radical (unpaired) electrons. The van der Waals surface area contributed by atoms with Crippen molar-refractivity contribution in [1.29, 1.82) is 0 Å². The molecule has 7 heteroatoms. The molecule has 1 fully saturated rings. The normalized spacial score (nSPS) is 16.6. The summed E-state index contributed by atoms with van der Waals surface area (Å²) in [5.41, 5.74) is 3.85. The van der Waals surface area contributed by atoms with Crippen LogP contribution in [0.1, 0.15) is 31.4 Å². The summed E-state index contributed by atoms with van der Waals surface area (Å²) in [7, 11) is -3.10. The van der Waals surface area contributed by atoms with Crippen LogP contribution in [0.4, 0.5) is 0 Å². The van der Waals surface area contributed by atoms with Crippen LogP contribution in [0.5, 0.6) is 0 Å². The molecule has 0 bridgehead atoms. The minimum Gasteiger partial charge on any atom is -0.265 e. The van der Waals surface area contributed by atoms with Gasteiger partial charge in [-0.1, -0.05) is 0 Å². The van der Waals surface area contributed by atoms with Crippen molar-refractivity contribution >= 4 is 21.1 Å². The monoisotopic (exact) mass is 382 g/mol. The van der Waals surface area contributed by atoms with Gasteiger partial charge in [-0.25, -0.2) is 22.7 Å². The van der Waals surface area contributed by atoms with Crippen LogP contribution in [-0.2, 0) is 10.0 Å². The Bertz CT molecular complexity index is 1050. The Hall–Kier alpha value is -2.38. The SMILES string of the molecule is CCS(=O)(=O)N1CCC(c2ccc3cc(-c4ccncc4)cnc3n2)CC1. The van der Waals surface area contributed by atoms with Crippen LogP contribution in [-0.4, -0.2) is 46.5 Å². The molecule has 0 unspecified atom stereocenters. The van der Waals surface area contributed by atoms with Crippen molar-refractivity contribution in [1.82, 2.24) is 19.3 Å². The lowest BCUT2D eigenvalue weighted by atomic mass is 9.94. The Kier molecular flexibility index (Phi) is 4.88. The molecule has 1 saturated heterocycles. The highest BCUT2D eigenvalue weighted by Gasteiger charge is 2.28. The van der Waals surface area contributed by atoms with E-state index in [0.29, 0.717) is 13.1 Å². The van der Waals surface area contributed by atoms with E-state index in [4.69, 9.17) is 4.98 Å². The van der Waals surface area contributed by atoms with Crippen molar-refractivity contribution in [3.8, 4) is 11.1 Å². The van der Waals surface area contributed by atoms with Crippen LogP contribution >= 0.6 is 0 Å². The molecular formula is C20H22N4O2S. The maximum atomic E-state index is 12.0. The molecule has 0 saturated carbocycles. The van der Waals surface area contributed by atoms with Gasteiger partial charge in [0.2, 0.25) is 10.0 Å². The van der Waals surface area contributed by atoms with Crippen molar-refractivity contribution < 1.29 is 8.42 Å². The molecule has 140 valence electrons. The number of nitrogens with zero attached hydrogens (tertiary/aromatic N) is 4. The second-order valence-electron chi connectivity index (χ2n) is 6.82. The maximum absolute atomic E-state index is 12.0. The fourth-order valence-electron chi connectivity index (χ4n) is 3.57. The van der Waals surface area contributed by atoms with Gasteiger partial charge >= 0.3 is 0 Å².